The molecule has 1 aliphatic carbocycles. The Bertz CT molecular complexity index is 1200. The minimum Gasteiger partial charge on any atom is -0.394 e. The number of ether oxygens (including phenoxy) is 1. The fourth-order valence-electron chi connectivity index (χ4n) is 3.76. The Morgan fingerprint density at radius 3 is 2.73 bits per heavy atom. The van der Waals surface area contributed by atoms with Crippen molar-refractivity contribution in [2.24, 2.45) is 0 Å². The number of carbonyl (C=O) groups excluding carboxylic acids is 2. The van der Waals surface area contributed by atoms with Gasteiger partial charge in [-0.05, 0) is 0 Å². The van der Waals surface area contributed by atoms with Gasteiger partial charge < -0.3 is 20.3 Å². The number of hydrogen-bond donors (Lipinski definition) is 3. The van der Waals surface area contributed by atoms with Crippen LogP contribution in [0.2, 0.25) is 0 Å². The van der Waals surface area contributed by atoms with Crippen LogP contribution in [-0.2, 0) is 9.53 Å². The fraction of sp³-hybridized carbons (Fsp3) is 0.250. The van der Waals surface area contributed by atoms with Crippen LogP contribution >= 0.6 is 0 Å². The van der Waals surface area contributed by atoms with E-state index in [9.17, 15) is 19.8 Å². The van der Waals surface area contributed by atoms with Gasteiger partial charge in [0.1, 0.15) is 18.7 Å². The predicted octanol–water partition coefficient (Wildman–Crippen LogP) is 0.685. The molecule has 5 rings (SSSR count). The number of nitrogens with one attached hydrogen (secondary N) is 1. The first-order valence-corrected chi connectivity index (χ1v) is 9.35. The Morgan fingerprint density at radius 2 is 1.97 bits per heavy atom. The summed E-state index contributed by atoms with van der Waals surface area (Å²) < 4.78 is 7.35. The number of allylic oxidation sites excluding steroid dienone is 1. The van der Waals surface area contributed by atoms with Crippen LogP contribution in [-0.4, -0.2) is 60.1 Å². The van der Waals surface area contributed by atoms with Crippen LogP contribution in [0.25, 0.3) is 16.9 Å². The molecular formula is C20H17N5O5. The summed E-state index contributed by atoms with van der Waals surface area (Å²) in [5, 5.41) is 22.4. The quantitative estimate of drug-likeness (QED) is 0.533. The molecule has 3 N–H and O–H groups in total. The minimum atomic E-state index is -0.788. The number of aliphatic hydroxyl groups is 2. The average Bonchev–Trinajstić information content (AvgIpc) is 3.35. The molecule has 1 aromatic carbocycles. The molecule has 30 heavy (non-hydrogen) atoms. The SMILES string of the molecule is O=C1C=C(Nc2ncnc3c2ncn3C2CC(O)C(CO)O2)c2ccccc2C1=O. The number of aliphatic hydroxyl groups excluding tert-OH is 2. The molecule has 3 aromatic rings. The van der Waals surface area contributed by atoms with E-state index >= 15 is 0 Å². The smallest absolute Gasteiger partial charge is 0.233 e. The number of fused-ring (bicyclic) bond motifs is 2. The van der Waals surface area contributed by atoms with Gasteiger partial charge in [-0.3, -0.25) is 14.2 Å². The standard InChI is InChI=1S/C20H17N5O5/c26-7-15-13(27)6-16(30-15)25-9-23-17-19(21-8-22-20(17)25)24-12-5-14(28)18(29)11-4-2-1-3-10(11)12/h1-5,8-9,13,15-16,26-27H,6-7H2,(H,21,22,24). The second-order valence-electron chi connectivity index (χ2n) is 7.08. The normalized spacial score (nSPS) is 23.5. The summed E-state index contributed by atoms with van der Waals surface area (Å²) in [6.07, 6.45) is 2.43. The highest BCUT2D eigenvalue weighted by Gasteiger charge is 2.35. The Morgan fingerprint density at radius 1 is 1.17 bits per heavy atom. The van der Waals surface area contributed by atoms with Crippen molar-refractivity contribution in [2.75, 3.05) is 11.9 Å². The van der Waals surface area contributed by atoms with Crippen LogP contribution < -0.4 is 5.32 Å². The number of aromatic nitrogens is 4. The van der Waals surface area contributed by atoms with Gasteiger partial charge in [0.05, 0.1) is 24.7 Å². The van der Waals surface area contributed by atoms with E-state index in [0.29, 0.717) is 40.2 Å². The summed E-state index contributed by atoms with van der Waals surface area (Å²) in [6, 6.07) is 6.84. The zero-order valence-corrected chi connectivity index (χ0v) is 15.6. The van der Waals surface area contributed by atoms with E-state index in [1.54, 1.807) is 28.8 Å². The number of anilines is 1. The molecule has 152 valence electrons. The van der Waals surface area contributed by atoms with Crippen molar-refractivity contribution < 1.29 is 24.5 Å². The van der Waals surface area contributed by atoms with E-state index in [1.807, 2.05) is 0 Å². The summed E-state index contributed by atoms with van der Waals surface area (Å²) in [5.74, 6) is -0.807. The zero-order chi connectivity index (χ0) is 20.8. The van der Waals surface area contributed by atoms with Crippen molar-refractivity contribution >= 4 is 34.2 Å². The number of imidazole rings is 1. The molecule has 10 heteroatoms. The van der Waals surface area contributed by atoms with Crippen molar-refractivity contribution in [3.05, 3.63) is 54.1 Å². The first kappa shape index (κ1) is 18.6. The minimum absolute atomic E-state index is 0.285. The second kappa shape index (κ2) is 7.10. The Hall–Kier alpha value is -3.47. The molecule has 1 fully saturated rings. The molecule has 2 aliphatic rings. The van der Waals surface area contributed by atoms with Gasteiger partial charge in [-0.25, -0.2) is 15.0 Å². The first-order chi connectivity index (χ1) is 14.6. The third-order valence-corrected chi connectivity index (χ3v) is 5.27. The molecule has 0 radical (unpaired) electrons. The van der Waals surface area contributed by atoms with Crippen molar-refractivity contribution in [1.29, 1.82) is 0 Å². The number of carbonyl (C=O) groups is 2. The Kier molecular flexibility index (Phi) is 4.39. The number of benzene rings is 1. The topological polar surface area (TPSA) is 139 Å². The summed E-state index contributed by atoms with van der Waals surface area (Å²) in [5.41, 5.74) is 2.27. The lowest BCUT2D eigenvalue weighted by molar-refractivity contribution is -0.111. The van der Waals surface area contributed by atoms with Crippen molar-refractivity contribution in [2.45, 2.75) is 24.9 Å². The molecule has 1 saturated heterocycles. The largest absolute Gasteiger partial charge is 0.394 e. The lowest BCUT2D eigenvalue weighted by Crippen LogP contribution is -2.24. The third-order valence-electron chi connectivity index (χ3n) is 5.27. The summed E-state index contributed by atoms with van der Waals surface area (Å²) in [4.78, 5) is 37.1. The van der Waals surface area contributed by atoms with E-state index in [-0.39, 0.29) is 6.61 Å². The Balaban J connectivity index is 1.51. The molecule has 0 spiro atoms. The van der Waals surface area contributed by atoms with Crippen molar-refractivity contribution in [1.82, 2.24) is 19.5 Å². The maximum absolute atomic E-state index is 12.1. The van der Waals surface area contributed by atoms with Gasteiger partial charge in [0.15, 0.2) is 17.0 Å². The number of nitrogens with zero attached hydrogens (tertiary/aromatic N) is 4. The number of Topliss-reactive ketones (excluding diaryl/α,β-unsaturated/α-hetero) is 1. The summed E-state index contributed by atoms with van der Waals surface area (Å²) >= 11 is 0. The van der Waals surface area contributed by atoms with Gasteiger partial charge in [-0.1, -0.05) is 24.3 Å². The molecule has 3 unspecified atom stereocenters. The van der Waals surface area contributed by atoms with Crippen LogP contribution in [0.1, 0.15) is 28.6 Å². The van der Waals surface area contributed by atoms with Crippen LogP contribution in [0.5, 0.6) is 0 Å². The Labute approximate surface area is 169 Å². The number of ketones is 2. The molecule has 0 bridgehead atoms. The highest BCUT2D eigenvalue weighted by atomic mass is 16.5. The number of hydrogen-bond acceptors (Lipinski definition) is 9. The van der Waals surface area contributed by atoms with Gasteiger partial charge in [-0.2, -0.15) is 0 Å². The van der Waals surface area contributed by atoms with Crippen molar-refractivity contribution in [3.63, 3.8) is 0 Å². The van der Waals surface area contributed by atoms with Gasteiger partial charge in [-0.15, -0.1) is 0 Å². The molecule has 2 aromatic heterocycles. The predicted molar refractivity (Wildman–Crippen MR) is 104 cm³/mol. The van der Waals surface area contributed by atoms with Gasteiger partial charge in [0.2, 0.25) is 11.6 Å². The molecule has 0 amide bonds. The van der Waals surface area contributed by atoms with E-state index < -0.39 is 30.0 Å². The second-order valence-corrected chi connectivity index (χ2v) is 7.08. The fourth-order valence-corrected chi connectivity index (χ4v) is 3.76. The summed E-state index contributed by atoms with van der Waals surface area (Å²) in [7, 11) is 0. The molecule has 3 heterocycles. The maximum atomic E-state index is 12.1. The van der Waals surface area contributed by atoms with Gasteiger partial charge >= 0.3 is 0 Å². The van der Waals surface area contributed by atoms with Crippen LogP contribution in [0, 0.1) is 0 Å². The van der Waals surface area contributed by atoms with Crippen LogP contribution in [0.15, 0.2) is 43.0 Å². The van der Waals surface area contributed by atoms with Crippen LogP contribution in [0.4, 0.5) is 5.82 Å². The molecule has 0 saturated carbocycles. The highest BCUT2D eigenvalue weighted by Crippen LogP contribution is 2.33. The third kappa shape index (κ3) is 2.89. The highest BCUT2D eigenvalue weighted by molar-refractivity contribution is 6.50. The maximum Gasteiger partial charge on any atom is 0.233 e. The first-order valence-electron chi connectivity index (χ1n) is 9.35. The van der Waals surface area contributed by atoms with Gasteiger partial charge in [0.25, 0.3) is 0 Å². The molecular weight excluding hydrogens is 390 g/mol. The van der Waals surface area contributed by atoms with E-state index in [0.717, 1.165) is 0 Å². The van der Waals surface area contributed by atoms with Crippen molar-refractivity contribution in [3.8, 4) is 0 Å². The summed E-state index contributed by atoms with van der Waals surface area (Å²) in [6.45, 7) is -0.285. The lowest BCUT2D eigenvalue weighted by atomic mass is 9.93. The molecule has 1 aliphatic heterocycles. The molecule has 10 nitrogen and oxygen atoms in total. The lowest BCUT2D eigenvalue weighted by Gasteiger charge is -2.17. The molecule has 3 atom stereocenters. The zero-order valence-electron chi connectivity index (χ0n) is 15.6. The van der Waals surface area contributed by atoms with E-state index in [2.05, 4.69) is 20.3 Å². The van der Waals surface area contributed by atoms with E-state index in [4.69, 9.17) is 4.74 Å². The monoisotopic (exact) mass is 407 g/mol. The van der Waals surface area contributed by atoms with Crippen LogP contribution in [0.3, 0.4) is 0 Å². The van der Waals surface area contributed by atoms with E-state index in [1.165, 1.54) is 18.7 Å². The number of rotatable bonds is 4. The van der Waals surface area contributed by atoms with Gasteiger partial charge in [0, 0.05) is 23.6 Å². The average molecular weight is 407 g/mol.